The summed E-state index contributed by atoms with van der Waals surface area (Å²) in [4.78, 5) is 0. The summed E-state index contributed by atoms with van der Waals surface area (Å²) in [5.41, 5.74) is 4.05. The molecule has 0 radical (unpaired) electrons. The fraction of sp³-hybridized carbons (Fsp3) is 0. The Morgan fingerprint density at radius 3 is 2.60 bits per heavy atom. The van der Waals surface area contributed by atoms with Crippen LogP contribution in [0.2, 0.25) is 0 Å². The lowest BCUT2D eigenvalue weighted by Crippen LogP contribution is -1.98. The van der Waals surface area contributed by atoms with E-state index in [2.05, 4.69) is 26.8 Å². The smallest absolute Gasteiger partial charge is 0.177 e. The summed E-state index contributed by atoms with van der Waals surface area (Å²) >= 11 is 1.43. The number of hydrogen-bond donors (Lipinski definition) is 0. The zero-order valence-corrected chi connectivity index (χ0v) is 11.3. The highest BCUT2D eigenvalue weighted by atomic mass is 32.1. The zero-order chi connectivity index (χ0) is 13.4. The molecule has 0 aliphatic rings. The summed E-state index contributed by atoms with van der Waals surface area (Å²) < 4.78 is 6.29. The molecular weight excluding hydrogens is 268 g/mol. The average molecular weight is 278 g/mol. The van der Waals surface area contributed by atoms with Crippen molar-refractivity contribution in [1.29, 1.82) is 0 Å². The Kier molecular flexibility index (Phi) is 2.57. The zero-order valence-electron chi connectivity index (χ0n) is 10.5. The number of benzene rings is 2. The van der Waals surface area contributed by atoms with Crippen molar-refractivity contribution < 1.29 is 0 Å². The Bertz CT molecular complexity index is 864. The first-order valence-electron chi connectivity index (χ1n) is 6.24. The number of rotatable bonds is 2. The van der Waals surface area contributed by atoms with Gasteiger partial charge in [-0.2, -0.15) is 9.06 Å². The molecule has 4 aromatic rings. The van der Waals surface area contributed by atoms with E-state index >= 15 is 0 Å². The summed E-state index contributed by atoms with van der Waals surface area (Å²) in [6, 6.07) is 18.1. The van der Waals surface area contributed by atoms with Crippen molar-refractivity contribution in [3.05, 3.63) is 60.0 Å². The maximum atomic E-state index is 4.49. The van der Waals surface area contributed by atoms with Gasteiger partial charge in [-0.1, -0.05) is 47.7 Å². The topological polar surface area (TPSA) is 43.6 Å². The largest absolute Gasteiger partial charge is 0.193 e. The van der Waals surface area contributed by atoms with Crippen LogP contribution in [-0.2, 0) is 0 Å². The maximum Gasteiger partial charge on any atom is 0.177 e. The molecule has 5 heteroatoms. The first-order valence-corrected chi connectivity index (χ1v) is 7.08. The molecule has 4 nitrogen and oxygen atoms in total. The van der Waals surface area contributed by atoms with E-state index < -0.39 is 0 Å². The monoisotopic (exact) mass is 278 g/mol. The van der Waals surface area contributed by atoms with Gasteiger partial charge in [-0.05, 0) is 29.2 Å². The second-order valence-corrected chi connectivity index (χ2v) is 5.04. The number of para-hydroxylation sites is 1. The van der Waals surface area contributed by atoms with Gasteiger partial charge in [0, 0.05) is 10.9 Å². The van der Waals surface area contributed by atoms with Gasteiger partial charge in [-0.15, -0.1) is 5.10 Å². The van der Waals surface area contributed by atoms with Gasteiger partial charge in [0.2, 0.25) is 0 Å². The van der Waals surface area contributed by atoms with Crippen molar-refractivity contribution in [2.24, 2.45) is 0 Å². The van der Waals surface area contributed by atoms with E-state index in [0.29, 0.717) is 0 Å². The number of aromatic nitrogens is 4. The summed E-state index contributed by atoms with van der Waals surface area (Å²) in [6.07, 6.45) is 0. The molecule has 0 atom stereocenters. The van der Waals surface area contributed by atoms with Gasteiger partial charge >= 0.3 is 0 Å². The minimum absolute atomic E-state index is 0.829. The SMILES string of the molecule is c1ccc(-c2csnc2-n2nnc3ccccc32)cc1. The van der Waals surface area contributed by atoms with Gasteiger partial charge in [0.1, 0.15) is 5.52 Å². The average Bonchev–Trinajstić information content (AvgIpc) is 3.14. The summed E-state index contributed by atoms with van der Waals surface area (Å²) in [7, 11) is 0. The van der Waals surface area contributed by atoms with Crippen molar-refractivity contribution in [1.82, 2.24) is 19.4 Å². The Labute approximate surface area is 119 Å². The molecule has 0 aliphatic carbocycles. The lowest BCUT2D eigenvalue weighted by molar-refractivity contribution is 0.812. The molecule has 2 heterocycles. The third-order valence-electron chi connectivity index (χ3n) is 3.19. The van der Waals surface area contributed by atoms with E-state index in [4.69, 9.17) is 0 Å². The van der Waals surface area contributed by atoms with Gasteiger partial charge < -0.3 is 0 Å². The maximum absolute atomic E-state index is 4.49. The van der Waals surface area contributed by atoms with Crippen molar-refractivity contribution in [3.8, 4) is 16.9 Å². The third-order valence-corrected chi connectivity index (χ3v) is 3.81. The molecule has 0 saturated heterocycles. The fourth-order valence-electron chi connectivity index (χ4n) is 2.22. The lowest BCUT2D eigenvalue weighted by atomic mass is 10.1. The molecule has 96 valence electrons. The van der Waals surface area contributed by atoms with Gasteiger partial charge in [-0.3, -0.25) is 0 Å². The van der Waals surface area contributed by atoms with E-state index in [1.807, 2.05) is 47.8 Å². The van der Waals surface area contributed by atoms with Crippen LogP contribution in [0.15, 0.2) is 60.0 Å². The predicted molar refractivity (Wildman–Crippen MR) is 80.0 cm³/mol. The molecule has 0 saturated carbocycles. The van der Waals surface area contributed by atoms with Gasteiger partial charge in [-0.25, -0.2) is 0 Å². The molecule has 0 bridgehead atoms. The van der Waals surface area contributed by atoms with Crippen LogP contribution in [0.3, 0.4) is 0 Å². The van der Waals surface area contributed by atoms with Crippen LogP contribution in [0, 0.1) is 0 Å². The first-order chi connectivity index (χ1) is 9.93. The normalized spacial score (nSPS) is 11.0. The molecule has 0 amide bonds. The van der Waals surface area contributed by atoms with E-state index in [-0.39, 0.29) is 0 Å². The van der Waals surface area contributed by atoms with E-state index in [1.54, 1.807) is 4.68 Å². The Hall–Kier alpha value is -2.53. The van der Waals surface area contributed by atoms with Gasteiger partial charge in [0.25, 0.3) is 0 Å². The Balaban J connectivity index is 1.94. The molecule has 0 aliphatic heterocycles. The van der Waals surface area contributed by atoms with Crippen LogP contribution in [0.25, 0.3) is 28.0 Å². The predicted octanol–water partition coefficient (Wildman–Crippen LogP) is 3.54. The Morgan fingerprint density at radius 2 is 1.70 bits per heavy atom. The highest BCUT2D eigenvalue weighted by Crippen LogP contribution is 2.28. The van der Waals surface area contributed by atoms with Crippen LogP contribution < -0.4 is 0 Å². The van der Waals surface area contributed by atoms with Crippen LogP contribution in [0.4, 0.5) is 0 Å². The molecule has 0 unspecified atom stereocenters. The quantitative estimate of drug-likeness (QED) is 0.563. The van der Waals surface area contributed by atoms with Crippen molar-refractivity contribution >= 4 is 22.6 Å². The van der Waals surface area contributed by atoms with Crippen LogP contribution in [-0.4, -0.2) is 19.4 Å². The minimum atomic E-state index is 0.829. The van der Waals surface area contributed by atoms with Crippen LogP contribution in [0.1, 0.15) is 0 Å². The molecule has 2 aromatic heterocycles. The first kappa shape index (κ1) is 11.3. The molecule has 0 N–H and O–H groups in total. The van der Waals surface area contributed by atoms with Crippen LogP contribution >= 0.6 is 11.5 Å². The summed E-state index contributed by atoms with van der Waals surface area (Å²) in [5.74, 6) is 0.829. The fourth-order valence-corrected chi connectivity index (χ4v) is 2.90. The number of hydrogen-bond acceptors (Lipinski definition) is 4. The van der Waals surface area contributed by atoms with E-state index in [1.165, 1.54) is 11.5 Å². The van der Waals surface area contributed by atoms with Gasteiger partial charge in [0.15, 0.2) is 5.82 Å². The van der Waals surface area contributed by atoms with Crippen molar-refractivity contribution in [3.63, 3.8) is 0 Å². The van der Waals surface area contributed by atoms with Gasteiger partial charge in [0.05, 0.1) is 5.52 Å². The molecule has 0 fully saturated rings. The third kappa shape index (κ3) is 1.71. The summed E-state index contributed by atoms with van der Waals surface area (Å²) in [6.45, 7) is 0. The summed E-state index contributed by atoms with van der Waals surface area (Å²) in [5, 5.41) is 10.5. The standard InChI is InChI=1S/C15H10N4S/c1-2-6-11(7-3-1)12-10-20-17-15(12)19-14-9-5-4-8-13(14)16-18-19/h1-10H. The van der Waals surface area contributed by atoms with E-state index in [9.17, 15) is 0 Å². The minimum Gasteiger partial charge on any atom is -0.193 e. The Morgan fingerprint density at radius 1 is 0.900 bits per heavy atom. The van der Waals surface area contributed by atoms with Crippen LogP contribution in [0.5, 0.6) is 0 Å². The molecular formula is C15H10N4S. The molecule has 4 rings (SSSR count). The molecule has 2 aromatic carbocycles. The molecule has 20 heavy (non-hydrogen) atoms. The highest BCUT2D eigenvalue weighted by molar-refractivity contribution is 7.04. The van der Waals surface area contributed by atoms with E-state index in [0.717, 1.165) is 28.0 Å². The highest BCUT2D eigenvalue weighted by Gasteiger charge is 2.14. The lowest BCUT2D eigenvalue weighted by Gasteiger charge is -2.03. The van der Waals surface area contributed by atoms with Crippen molar-refractivity contribution in [2.45, 2.75) is 0 Å². The van der Waals surface area contributed by atoms with Crippen molar-refractivity contribution in [2.75, 3.05) is 0 Å². The molecule has 0 spiro atoms. The second kappa shape index (κ2) is 4.54. The number of nitrogens with zero attached hydrogens (tertiary/aromatic N) is 4. The second-order valence-electron chi connectivity index (χ2n) is 4.41. The number of fused-ring (bicyclic) bond motifs is 1.